The van der Waals surface area contributed by atoms with Crippen LogP contribution in [0, 0.1) is 44.7 Å². The molecule has 0 unspecified atom stereocenters. The van der Waals surface area contributed by atoms with Crippen molar-refractivity contribution in [2.45, 2.75) is 0 Å². The van der Waals surface area contributed by atoms with Gasteiger partial charge in [0.25, 0.3) is 0 Å². The molecule has 0 aliphatic rings. The minimum Gasteiger partial charge on any atom is -0.457 e. The Bertz CT molecular complexity index is 2760. The third kappa shape index (κ3) is 15.8. The van der Waals surface area contributed by atoms with Crippen LogP contribution in [0.25, 0.3) is 0 Å². The summed E-state index contributed by atoms with van der Waals surface area (Å²) in [4.78, 5) is 0. The lowest BCUT2D eigenvalue weighted by molar-refractivity contribution is -0.597. The van der Waals surface area contributed by atoms with Gasteiger partial charge >= 0.3 is 63.6 Å². The molecule has 0 heterocycles. The molecular formula is C54H38F4I3O3+3. The lowest BCUT2D eigenvalue weighted by Gasteiger charge is -2.05. The molecule has 0 bridgehead atoms. The first-order chi connectivity index (χ1) is 31.3. The molecule has 0 spiro atoms. The highest BCUT2D eigenvalue weighted by molar-refractivity contribution is 5.33. The van der Waals surface area contributed by atoms with E-state index in [-0.39, 0.29) is 81.0 Å². The highest BCUT2D eigenvalue weighted by atomic mass is 127. The van der Waals surface area contributed by atoms with Gasteiger partial charge in [0.15, 0.2) is 21.4 Å². The molecule has 10 heteroatoms. The Morgan fingerprint density at radius 1 is 0.219 bits per heavy atom. The van der Waals surface area contributed by atoms with E-state index in [2.05, 4.69) is 84.9 Å². The maximum atomic E-state index is 13.1. The van der Waals surface area contributed by atoms with Crippen LogP contribution in [0.15, 0.2) is 231 Å². The molecule has 0 atom stereocenters. The van der Waals surface area contributed by atoms with Gasteiger partial charge in [-0.05, 0) is 146 Å². The highest BCUT2D eigenvalue weighted by Gasteiger charge is 2.17. The molecule has 0 amide bonds. The van der Waals surface area contributed by atoms with Crippen LogP contribution in [0.1, 0.15) is 0 Å². The zero-order valence-corrected chi connectivity index (χ0v) is 40.3. The second kappa shape index (κ2) is 24.4. The van der Waals surface area contributed by atoms with Crippen LogP contribution in [0.2, 0.25) is 0 Å². The summed E-state index contributed by atoms with van der Waals surface area (Å²) in [7, 11) is 0. The van der Waals surface area contributed by atoms with Crippen molar-refractivity contribution in [3.8, 4) is 34.5 Å². The normalized spacial score (nSPS) is 10.4. The summed E-state index contributed by atoms with van der Waals surface area (Å²) in [5.74, 6) is 1.51. The van der Waals surface area contributed by atoms with Crippen molar-refractivity contribution in [2.24, 2.45) is 0 Å². The Balaban J connectivity index is 0.000000144. The molecule has 3 nitrogen and oxygen atoms in total. The zero-order chi connectivity index (χ0) is 44.4. The minimum atomic E-state index is -0.651. The van der Waals surface area contributed by atoms with Gasteiger partial charge in [0.2, 0.25) is 0 Å². The number of hydrogen-bond acceptors (Lipinski definition) is 3. The van der Waals surface area contributed by atoms with Gasteiger partial charge in [-0.15, -0.1) is 0 Å². The summed E-state index contributed by atoms with van der Waals surface area (Å²) in [5.41, 5.74) is 0. The fourth-order valence-corrected chi connectivity index (χ4v) is 12.2. The topological polar surface area (TPSA) is 27.7 Å². The average Bonchev–Trinajstić information content (AvgIpc) is 3.30. The minimum absolute atomic E-state index is 0.154. The predicted molar refractivity (Wildman–Crippen MR) is 230 cm³/mol. The monoisotopic (exact) mass is 1190 g/mol. The number of rotatable bonds is 12. The van der Waals surface area contributed by atoms with E-state index in [0.29, 0.717) is 17.2 Å². The number of hydrogen-bond donors (Lipinski definition) is 0. The molecular weight excluding hydrogens is 1150 g/mol. The Labute approximate surface area is 401 Å². The van der Waals surface area contributed by atoms with Gasteiger partial charge in [-0.3, -0.25) is 0 Å². The van der Waals surface area contributed by atoms with Crippen LogP contribution < -0.4 is 77.8 Å². The summed E-state index contributed by atoms with van der Waals surface area (Å²) in [6.07, 6.45) is 0. The predicted octanol–water partition coefficient (Wildman–Crippen LogP) is 5.38. The van der Waals surface area contributed by atoms with Gasteiger partial charge in [-0.2, -0.15) is 0 Å². The summed E-state index contributed by atoms with van der Waals surface area (Å²) in [5, 5.41) is 0. The maximum Gasteiger partial charge on any atom is 0.357 e. The molecule has 9 aromatic carbocycles. The van der Waals surface area contributed by atoms with Crippen LogP contribution in [-0.4, -0.2) is 0 Å². The second-order valence-electron chi connectivity index (χ2n) is 13.4. The molecule has 9 rings (SSSR count). The van der Waals surface area contributed by atoms with Crippen LogP contribution in [-0.2, 0) is 0 Å². The fraction of sp³-hybridized carbons (Fsp3) is 0. The van der Waals surface area contributed by atoms with Crippen LogP contribution >= 0.6 is 0 Å². The molecule has 0 aliphatic heterocycles. The smallest absolute Gasteiger partial charge is 0.357 e. The molecule has 0 N–H and O–H groups in total. The summed E-state index contributed by atoms with van der Waals surface area (Å²) >= 11 is -0.550. The summed E-state index contributed by atoms with van der Waals surface area (Å²) in [6.45, 7) is 0. The number of benzene rings is 9. The first-order valence-corrected chi connectivity index (χ1v) is 26.2. The van der Waals surface area contributed by atoms with Gasteiger partial charge in [-0.1, -0.05) is 60.7 Å². The number of halogens is 7. The molecule has 318 valence electrons. The van der Waals surface area contributed by atoms with E-state index < -0.39 is 11.6 Å². The average molecular weight is 1190 g/mol. The largest absolute Gasteiger partial charge is 0.457 e. The van der Waals surface area contributed by atoms with Gasteiger partial charge in [-0.25, -0.2) is 17.6 Å². The van der Waals surface area contributed by atoms with E-state index in [4.69, 9.17) is 14.2 Å². The Hall–Kier alpha value is -5.71. The molecule has 0 saturated carbocycles. The van der Waals surface area contributed by atoms with Crippen molar-refractivity contribution in [1.29, 1.82) is 0 Å². The van der Waals surface area contributed by atoms with Crippen molar-refractivity contribution in [1.82, 2.24) is 0 Å². The van der Waals surface area contributed by atoms with Gasteiger partial charge in [0.05, 0.1) is 0 Å². The Morgan fingerprint density at radius 3 is 0.906 bits per heavy atom. The third-order valence-corrected chi connectivity index (χ3v) is 16.5. The number of ether oxygens (including phenoxy) is 3. The van der Waals surface area contributed by atoms with Gasteiger partial charge < -0.3 is 14.2 Å². The van der Waals surface area contributed by atoms with Gasteiger partial charge in [0.1, 0.15) is 57.8 Å². The first-order valence-electron chi connectivity index (χ1n) is 19.7. The van der Waals surface area contributed by atoms with E-state index in [1.165, 1.54) is 45.7 Å². The van der Waals surface area contributed by atoms with Crippen molar-refractivity contribution >= 4 is 0 Å². The molecule has 0 fully saturated rings. The van der Waals surface area contributed by atoms with Crippen molar-refractivity contribution in [3.63, 3.8) is 0 Å². The van der Waals surface area contributed by atoms with E-state index in [0.717, 1.165) is 29.7 Å². The zero-order valence-electron chi connectivity index (χ0n) is 33.8. The molecule has 9 aromatic rings. The quantitative estimate of drug-likeness (QED) is 0.122. The van der Waals surface area contributed by atoms with Crippen molar-refractivity contribution in [2.75, 3.05) is 0 Å². The maximum absolute atomic E-state index is 13.1. The first kappa shape index (κ1) is 46.3. The Morgan fingerprint density at radius 2 is 0.531 bits per heavy atom. The lowest BCUT2D eigenvalue weighted by Crippen LogP contribution is -3.61. The van der Waals surface area contributed by atoms with Crippen LogP contribution in [0.3, 0.4) is 0 Å². The van der Waals surface area contributed by atoms with Crippen LogP contribution in [0.5, 0.6) is 34.5 Å². The van der Waals surface area contributed by atoms with Gasteiger partial charge in [0, 0.05) is 24.3 Å². The third-order valence-electron chi connectivity index (χ3n) is 8.45. The Kier molecular flexibility index (Phi) is 17.6. The molecule has 0 aliphatic carbocycles. The fourth-order valence-electron chi connectivity index (χ4n) is 5.54. The van der Waals surface area contributed by atoms with E-state index in [9.17, 15) is 17.6 Å². The van der Waals surface area contributed by atoms with Crippen LogP contribution in [0.4, 0.5) is 17.6 Å². The van der Waals surface area contributed by atoms with E-state index in [1.807, 2.05) is 78.9 Å². The molecule has 0 radical (unpaired) electrons. The molecule has 64 heavy (non-hydrogen) atoms. The SMILES string of the molecule is Fc1cc(F)cc(Oc2ccc([I+]c3ccccc3)cc2)c1.Fc1ccc(Oc2ccc([I+]c3ccccc3)cc2)cc1.Fc1cccc(Oc2ccc([I+]c3ccccc3)cc2)c1. The van der Waals surface area contributed by atoms with Crippen molar-refractivity contribution < 1.29 is 95.4 Å². The molecule has 0 aromatic heterocycles. The van der Waals surface area contributed by atoms with Crippen molar-refractivity contribution in [3.05, 3.63) is 275 Å². The van der Waals surface area contributed by atoms with E-state index >= 15 is 0 Å². The molecule has 0 saturated heterocycles. The standard InChI is InChI=1S/C18H12F2IO.2C18H13FIO/c19-13-10-14(20)12-18(11-13)22-17-8-6-16(7-9-17)21-15-4-2-1-3-5-15;19-14-5-4-8-18(13-14)21-17-11-9-16(10-12-17)20-15-6-2-1-3-7-15;19-14-6-10-17(11-7-14)21-18-12-8-16(9-13-18)20-15-4-2-1-3-5-15/h1-12H;2*1-13H/q3*+1. The second-order valence-corrected chi connectivity index (χ2v) is 22.4. The summed E-state index contributed by atoms with van der Waals surface area (Å²) < 4.78 is 77.0. The highest BCUT2D eigenvalue weighted by Crippen LogP contribution is 2.24. The van der Waals surface area contributed by atoms with E-state index in [1.54, 1.807) is 24.3 Å². The summed E-state index contributed by atoms with van der Waals surface area (Å²) in [6, 6.07) is 70.4. The lowest BCUT2D eigenvalue weighted by atomic mass is 10.3.